The summed E-state index contributed by atoms with van der Waals surface area (Å²) in [6.45, 7) is 6.73. The van der Waals surface area contributed by atoms with Crippen LogP contribution < -0.4 is 0 Å². The van der Waals surface area contributed by atoms with Gasteiger partial charge in [-0.2, -0.15) is 0 Å². The van der Waals surface area contributed by atoms with Crippen molar-refractivity contribution in [3.05, 3.63) is 174 Å². The molecule has 7 aromatic rings. The van der Waals surface area contributed by atoms with Gasteiger partial charge in [-0.1, -0.05) is 99.6 Å². The summed E-state index contributed by atoms with van der Waals surface area (Å²) in [5.74, 6) is 0. The van der Waals surface area contributed by atoms with E-state index in [2.05, 4.69) is 130 Å². The Bertz CT molecular complexity index is 2160. The molecule has 45 heavy (non-hydrogen) atoms. The molecule has 1 aliphatic rings. The summed E-state index contributed by atoms with van der Waals surface area (Å²) in [6.07, 6.45) is 5.67. The molecule has 0 N–H and O–H groups in total. The molecule has 3 aromatic heterocycles. The van der Waals surface area contributed by atoms with Gasteiger partial charge < -0.3 is 0 Å². The van der Waals surface area contributed by atoms with Gasteiger partial charge in [0.2, 0.25) is 0 Å². The fraction of sp³-hybridized carbons (Fsp3) is 0.119. The minimum atomic E-state index is -0.571. The number of hydrogen-bond acceptors (Lipinski definition) is 3. The molecule has 0 bridgehead atoms. The smallest absolute Gasteiger partial charge is 0.0796 e. The average molecular weight is 580 g/mol. The first-order chi connectivity index (χ1) is 21.9. The van der Waals surface area contributed by atoms with Crippen molar-refractivity contribution < 1.29 is 0 Å². The predicted molar refractivity (Wildman–Crippen MR) is 184 cm³/mol. The number of hydrogen-bond donors (Lipinski definition) is 0. The maximum Gasteiger partial charge on any atom is 0.0796 e. The van der Waals surface area contributed by atoms with Crippen LogP contribution in [0.5, 0.6) is 0 Å². The van der Waals surface area contributed by atoms with Crippen LogP contribution >= 0.6 is 0 Å². The summed E-state index contributed by atoms with van der Waals surface area (Å²) in [7, 11) is 0. The van der Waals surface area contributed by atoms with Crippen molar-refractivity contribution in [1.29, 1.82) is 0 Å². The first-order valence-corrected chi connectivity index (χ1v) is 15.5. The normalized spacial score (nSPS) is 13.4. The molecule has 0 amide bonds. The van der Waals surface area contributed by atoms with Gasteiger partial charge in [-0.05, 0) is 92.9 Å². The van der Waals surface area contributed by atoms with E-state index >= 15 is 0 Å². The Kier molecular flexibility index (Phi) is 6.25. The second-order valence-electron chi connectivity index (χ2n) is 12.9. The summed E-state index contributed by atoms with van der Waals surface area (Å²) in [5.41, 5.74) is 13.1. The molecule has 0 unspecified atom stereocenters. The molecule has 3 heterocycles. The summed E-state index contributed by atoms with van der Waals surface area (Å²) >= 11 is 0. The Morgan fingerprint density at radius 2 is 1.20 bits per heavy atom. The van der Waals surface area contributed by atoms with E-state index in [1.54, 1.807) is 0 Å². The molecular formula is C42H33N3. The van der Waals surface area contributed by atoms with E-state index in [-0.39, 0.29) is 5.41 Å². The molecule has 3 heteroatoms. The number of benzene rings is 4. The zero-order valence-corrected chi connectivity index (χ0v) is 25.7. The molecule has 0 fully saturated rings. The Labute approximate surface area is 264 Å². The highest BCUT2D eigenvalue weighted by Crippen LogP contribution is 2.57. The third-order valence-corrected chi connectivity index (χ3v) is 9.25. The number of rotatable bonds is 4. The molecule has 0 aliphatic heterocycles. The van der Waals surface area contributed by atoms with E-state index in [1.807, 2.05) is 36.8 Å². The summed E-state index contributed by atoms with van der Waals surface area (Å²) in [6, 6.07) is 46.0. The van der Waals surface area contributed by atoms with Crippen molar-refractivity contribution in [1.82, 2.24) is 15.0 Å². The van der Waals surface area contributed by atoms with Crippen molar-refractivity contribution in [2.24, 2.45) is 0 Å². The van der Waals surface area contributed by atoms with Crippen LogP contribution in [0.15, 0.2) is 146 Å². The van der Waals surface area contributed by atoms with E-state index in [1.165, 1.54) is 38.9 Å². The third-order valence-electron chi connectivity index (χ3n) is 9.25. The van der Waals surface area contributed by atoms with Crippen molar-refractivity contribution >= 4 is 10.9 Å². The predicted octanol–water partition coefficient (Wildman–Crippen LogP) is 10.0. The van der Waals surface area contributed by atoms with Crippen LogP contribution in [0.2, 0.25) is 0 Å². The van der Waals surface area contributed by atoms with Crippen molar-refractivity contribution in [3.63, 3.8) is 0 Å². The minimum Gasteiger partial charge on any atom is -0.256 e. The zero-order chi connectivity index (χ0) is 30.6. The molecule has 0 saturated carbocycles. The average Bonchev–Trinajstić information content (AvgIpc) is 3.39. The molecule has 0 atom stereocenters. The van der Waals surface area contributed by atoms with Crippen LogP contribution in [0.4, 0.5) is 0 Å². The van der Waals surface area contributed by atoms with Gasteiger partial charge in [0.15, 0.2) is 0 Å². The first-order valence-electron chi connectivity index (χ1n) is 15.5. The number of fused-ring (bicyclic) bond motifs is 4. The highest BCUT2D eigenvalue weighted by Gasteiger charge is 2.46. The lowest BCUT2D eigenvalue weighted by molar-refractivity contribution is 0.589. The van der Waals surface area contributed by atoms with Gasteiger partial charge in [0.25, 0.3) is 0 Å². The highest BCUT2D eigenvalue weighted by molar-refractivity contribution is 5.96. The molecule has 1 aliphatic carbocycles. The molecule has 0 radical (unpaired) electrons. The topological polar surface area (TPSA) is 38.7 Å². The molecule has 3 nitrogen and oxygen atoms in total. The zero-order valence-electron chi connectivity index (χ0n) is 25.7. The highest BCUT2D eigenvalue weighted by atomic mass is 14.7. The van der Waals surface area contributed by atoms with Crippen LogP contribution in [0, 0.1) is 0 Å². The van der Waals surface area contributed by atoms with Gasteiger partial charge in [0, 0.05) is 35.1 Å². The number of pyridine rings is 3. The molecule has 0 spiro atoms. The van der Waals surface area contributed by atoms with Gasteiger partial charge >= 0.3 is 0 Å². The maximum absolute atomic E-state index is 4.93. The Morgan fingerprint density at radius 1 is 0.489 bits per heavy atom. The van der Waals surface area contributed by atoms with E-state index in [0.717, 1.165) is 33.4 Å². The molecule has 216 valence electrons. The first kappa shape index (κ1) is 27.2. The van der Waals surface area contributed by atoms with Gasteiger partial charge in [0.1, 0.15) is 0 Å². The Balaban J connectivity index is 1.49. The largest absolute Gasteiger partial charge is 0.256 e. The van der Waals surface area contributed by atoms with Gasteiger partial charge in [0.05, 0.1) is 22.3 Å². The second-order valence-corrected chi connectivity index (χ2v) is 12.9. The summed E-state index contributed by atoms with van der Waals surface area (Å²) in [5, 5.41) is 1.09. The number of aromatic nitrogens is 3. The summed E-state index contributed by atoms with van der Waals surface area (Å²) < 4.78 is 0. The third kappa shape index (κ3) is 4.30. The van der Waals surface area contributed by atoms with Crippen LogP contribution in [-0.2, 0) is 10.8 Å². The molecular weight excluding hydrogens is 546 g/mol. The van der Waals surface area contributed by atoms with Crippen molar-refractivity contribution in [3.8, 4) is 33.6 Å². The van der Waals surface area contributed by atoms with Crippen LogP contribution in [0.25, 0.3) is 44.5 Å². The van der Waals surface area contributed by atoms with E-state index < -0.39 is 5.41 Å². The van der Waals surface area contributed by atoms with Crippen LogP contribution in [0.1, 0.15) is 48.6 Å². The molecule has 0 saturated heterocycles. The minimum absolute atomic E-state index is 0.00496. The fourth-order valence-corrected chi connectivity index (χ4v) is 7.12. The second kappa shape index (κ2) is 10.3. The van der Waals surface area contributed by atoms with Crippen LogP contribution in [0.3, 0.4) is 0 Å². The molecule has 8 rings (SSSR count). The van der Waals surface area contributed by atoms with Crippen molar-refractivity contribution in [2.75, 3.05) is 0 Å². The fourth-order valence-electron chi connectivity index (χ4n) is 7.12. The van der Waals surface area contributed by atoms with E-state index in [9.17, 15) is 0 Å². The van der Waals surface area contributed by atoms with Crippen molar-refractivity contribution in [2.45, 2.75) is 31.6 Å². The van der Waals surface area contributed by atoms with E-state index in [0.29, 0.717) is 0 Å². The standard InChI is InChI=1S/C42H33N3/c1-41(2,3)30-20-23-44-39(27-30)35-26-32(25-29-13-11-22-45-40(29)35)42(31-14-10-12-28(24-31)38-19-8-9-21-43-38)36-17-6-4-15-33(36)34-16-5-7-18-37(34)42/h4-27H,1-3H3. The van der Waals surface area contributed by atoms with Crippen LogP contribution in [-0.4, -0.2) is 15.0 Å². The van der Waals surface area contributed by atoms with Gasteiger partial charge in [-0.3, -0.25) is 15.0 Å². The monoisotopic (exact) mass is 579 g/mol. The quantitative estimate of drug-likeness (QED) is 0.208. The summed E-state index contributed by atoms with van der Waals surface area (Å²) in [4.78, 5) is 14.5. The maximum atomic E-state index is 4.93. The Morgan fingerprint density at radius 3 is 1.93 bits per heavy atom. The van der Waals surface area contributed by atoms with E-state index in [4.69, 9.17) is 15.0 Å². The van der Waals surface area contributed by atoms with Gasteiger partial charge in [-0.25, -0.2) is 0 Å². The lowest BCUT2D eigenvalue weighted by Crippen LogP contribution is -2.28. The Hall–Kier alpha value is -5.41. The lowest BCUT2D eigenvalue weighted by atomic mass is 9.67. The SMILES string of the molecule is CC(C)(C)c1ccnc(-c2cc(C3(c4cccc(-c5ccccn5)c4)c4ccccc4-c4ccccc43)cc3cccnc23)c1. The van der Waals surface area contributed by atoms with Gasteiger partial charge in [-0.15, -0.1) is 0 Å². The number of nitrogens with zero attached hydrogens (tertiary/aromatic N) is 3. The molecule has 4 aromatic carbocycles. The lowest BCUT2D eigenvalue weighted by Gasteiger charge is -2.34.